The summed E-state index contributed by atoms with van der Waals surface area (Å²) in [6.45, 7) is 8.72. The molecule has 3 heteroatoms. The third-order valence-corrected chi connectivity index (χ3v) is 2.94. The summed E-state index contributed by atoms with van der Waals surface area (Å²) in [5.74, 6) is 0. The number of aromatic nitrogens is 1. The Kier molecular flexibility index (Phi) is 4.30. The van der Waals surface area contributed by atoms with E-state index in [9.17, 15) is 4.79 Å². The number of unbranched alkanes of at least 4 members (excludes halogenated alkanes) is 1. The molecule has 90 valence electrons. The Labute approximate surface area is 97.3 Å². The minimum absolute atomic E-state index is 0.0842. The molecule has 0 aliphatic rings. The van der Waals surface area contributed by atoms with Gasteiger partial charge in [0.25, 0.3) is 5.56 Å². The van der Waals surface area contributed by atoms with Gasteiger partial charge in [-0.1, -0.05) is 13.3 Å². The van der Waals surface area contributed by atoms with Crippen LogP contribution in [0.25, 0.3) is 0 Å². The van der Waals surface area contributed by atoms with Gasteiger partial charge in [-0.05, 0) is 38.8 Å². The summed E-state index contributed by atoms with van der Waals surface area (Å²) in [5, 5.41) is 0. The highest BCUT2D eigenvalue weighted by Crippen LogP contribution is 2.12. The highest BCUT2D eigenvalue weighted by Gasteiger charge is 2.13. The fourth-order valence-corrected chi connectivity index (χ4v) is 2.09. The lowest BCUT2D eigenvalue weighted by atomic mass is 10.0. The van der Waals surface area contributed by atoms with E-state index < -0.39 is 0 Å². The minimum atomic E-state index is -0.194. The van der Waals surface area contributed by atoms with Crippen molar-refractivity contribution in [1.82, 2.24) is 4.57 Å². The lowest BCUT2D eigenvalue weighted by Crippen LogP contribution is -2.30. The van der Waals surface area contributed by atoms with Crippen LogP contribution in [0.1, 0.15) is 49.6 Å². The van der Waals surface area contributed by atoms with Gasteiger partial charge in [-0.3, -0.25) is 4.79 Å². The molecule has 16 heavy (non-hydrogen) atoms. The van der Waals surface area contributed by atoms with Gasteiger partial charge < -0.3 is 10.3 Å². The van der Waals surface area contributed by atoms with Crippen LogP contribution in [-0.2, 0) is 6.54 Å². The van der Waals surface area contributed by atoms with Gasteiger partial charge in [0.2, 0.25) is 0 Å². The molecule has 0 aromatic carbocycles. The fraction of sp³-hybridized carbons (Fsp3) is 0.615. The Hall–Kier alpha value is -1.09. The third kappa shape index (κ3) is 2.53. The molecule has 0 fully saturated rings. The van der Waals surface area contributed by atoms with E-state index in [1.165, 1.54) is 0 Å². The largest absolute Gasteiger partial charge is 0.324 e. The van der Waals surface area contributed by atoms with Crippen LogP contribution >= 0.6 is 0 Å². The maximum Gasteiger partial charge on any atom is 0.255 e. The van der Waals surface area contributed by atoms with E-state index in [0.29, 0.717) is 0 Å². The second-order valence-corrected chi connectivity index (χ2v) is 4.48. The third-order valence-electron chi connectivity index (χ3n) is 2.94. The zero-order chi connectivity index (χ0) is 12.3. The average Bonchev–Trinajstić information content (AvgIpc) is 2.16. The van der Waals surface area contributed by atoms with Crippen molar-refractivity contribution in [2.24, 2.45) is 5.73 Å². The van der Waals surface area contributed by atoms with Crippen molar-refractivity contribution in [3.63, 3.8) is 0 Å². The van der Waals surface area contributed by atoms with Gasteiger partial charge in [0.1, 0.15) is 0 Å². The molecule has 0 spiro atoms. The minimum Gasteiger partial charge on any atom is -0.324 e. The van der Waals surface area contributed by atoms with Crippen LogP contribution < -0.4 is 11.3 Å². The molecule has 0 bridgehead atoms. The van der Waals surface area contributed by atoms with E-state index in [4.69, 9.17) is 5.73 Å². The van der Waals surface area contributed by atoms with Crippen molar-refractivity contribution in [3.8, 4) is 0 Å². The smallest absolute Gasteiger partial charge is 0.255 e. The highest BCUT2D eigenvalue weighted by atomic mass is 16.1. The molecule has 1 atom stereocenters. The summed E-state index contributed by atoms with van der Waals surface area (Å²) in [4.78, 5) is 12.2. The number of pyridine rings is 1. The Morgan fingerprint density at radius 1 is 1.44 bits per heavy atom. The standard InChI is InChI=1S/C13H22N2O/c1-5-6-7-15-10(3)8-9(2)12(11(4)14)13(15)16/h8,11H,5-7,14H2,1-4H3. The molecule has 1 aromatic rings. The van der Waals surface area contributed by atoms with Crippen LogP contribution in [0.3, 0.4) is 0 Å². The predicted octanol–water partition coefficient (Wildman–Crippen LogP) is 2.28. The monoisotopic (exact) mass is 222 g/mol. The summed E-state index contributed by atoms with van der Waals surface area (Å²) in [5.41, 5.74) is 8.72. The van der Waals surface area contributed by atoms with Crippen molar-refractivity contribution in [3.05, 3.63) is 33.2 Å². The highest BCUT2D eigenvalue weighted by molar-refractivity contribution is 5.28. The van der Waals surface area contributed by atoms with Crippen molar-refractivity contribution in [1.29, 1.82) is 0 Å². The summed E-state index contributed by atoms with van der Waals surface area (Å²) >= 11 is 0. The number of nitrogens with two attached hydrogens (primary N) is 1. The molecule has 1 rings (SSSR count). The van der Waals surface area contributed by atoms with E-state index in [1.54, 1.807) is 0 Å². The number of hydrogen-bond donors (Lipinski definition) is 1. The van der Waals surface area contributed by atoms with Crippen LogP contribution in [0.15, 0.2) is 10.9 Å². The van der Waals surface area contributed by atoms with E-state index in [-0.39, 0.29) is 11.6 Å². The molecular formula is C13H22N2O. The molecule has 0 aliphatic heterocycles. The van der Waals surface area contributed by atoms with E-state index in [0.717, 1.165) is 36.2 Å². The molecule has 2 N–H and O–H groups in total. The van der Waals surface area contributed by atoms with Crippen molar-refractivity contribution in [2.75, 3.05) is 0 Å². The number of aryl methyl sites for hydroxylation is 2. The topological polar surface area (TPSA) is 48.0 Å². The Balaban J connectivity index is 3.28. The zero-order valence-electron chi connectivity index (χ0n) is 10.7. The zero-order valence-corrected chi connectivity index (χ0v) is 10.7. The summed E-state index contributed by atoms with van der Waals surface area (Å²) in [6, 6.07) is 1.86. The van der Waals surface area contributed by atoms with Gasteiger partial charge in [-0.25, -0.2) is 0 Å². The normalized spacial score (nSPS) is 12.8. The SMILES string of the molecule is CCCCn1c(C)cc(C)c(C(C)N)c1=O. The quantitative estimate of drug-likeness (QED) is 0.849. The molecule has 3 nitrogen and oxygen atoms in total. The molecule has 0 saturated heterocycles. The molecule has 0 amide bonds. The second-order valence-electron chi connectivity index (χ2n) is 4.48. The fourth-order valence-electron chi connectivity index (χ4n) is 2.09. The molecule has 1 heterocycles. The molecule has 1 aromatic heterocycles. The summed E-state index contributed by atoms with van der Waals surface area (Å²) in [7, 11) is 0. The Morgan fingerprint density at radius 3 is 2.56 bits per heavy atom. The van der Waals surface area contributed by atoms with Crippen molar-refractivity contribution < 1.29 is 0 Å². The lowest BCUT2D eigenvalue weighted by Gasteiger charge is -2.16. The number of hydrogen-bond acceptors (Lipinski definition) is 2. The van der Waals surface area contributed by atoms with Gasteiger partial charge in [0.05, 0.1) is 0 Å². The summed E-state index contributed by atoms with van der Waals surface area (Å²) in [6.07, 6.45) is 2.12. The van der Waals surface area contributed by atoms with E-state index in [1.807, 2.05) is 25.3 Å². The summed E-state index contributed by atoms with van der Waals surface area (Å²) < 4.78 is 1.84. The molecule has 0 saturated carbocycles. The molecule has 0 aliphatic carbocycles. The van der Waals surface area contributed by atoms with Crippen LogP contribution in [0, 0.1) is 13.8 Å². The van der Waals surface area contributed by atoms with Gasteiger partial charge in [0.15, 0.2) is 0 Å². The maximum atomic E-state index is 12.2. The maximum absolute atomic E-state index is 12.2. The number of rotatable bonds is 4. The Bertz CT molecular complexity index is 419. The van der Waals surface area contributed by atoms with Gasteiger partial charge in [0, 0.05) is 23.8 Å². The Morgan fingerprint density at radius 2 is 2.06 bits per heavy atom. The molecule has 0 radical (unpaired) electrons. The van der Waals surface area contributed by atoms with E-state index in [2.05, 4.69) is 13.0 Å². The van der Waals surface area contributed by atoms with Crippen molar-refractivity contribution >= 4 is 0 Å². The number of nitrogens with zero attached hydrogens (tertiary/aromatic N) is 1. The van der Waals surface area contributed by atoms with Gasteiger partial charge in [-0.2, -0.15) is 0 Å². The first-order valence-corrected chi connectivity index (χ1v) is 5.95. The van der Waals surface area contributed by atoms with Gasteiger partial charge in [-0.15, -0.1) is 0 Å². The van der Waals surface area contributed by atoms with Crippen LogP contribution in [0.2, 0.25) is 0 Å². The first-order valence-electron chi connectivity index (χ1n) is 5.95. The lowest BCUT2D eigenvalue weighted by molar-refractivity contribution is 0.586. The second kappa shape index (κ2) is 5.30. The first-order chi connectivity index (χ1) is 7.49. The molecular weight excluding hydrogens is 200 g/mol. The van der Waals surface area contributed by atoms with Crippen LogP contribution in [0.5, 0.6) is 0 Å². The van der Waals surface area contributed by atoms with Gasteiger partial charge >= 0.3 is 0 Å². The molecule has 1 unspecified atom stereocenters. The van der Waals surface area contributed by atoms with E-state index >= 15 is 0 Å². The van der Waals surface area contributed by atoms with Crippen LogP contribution in [-0.4, -0.2) is 4.57 Å². The first kappa shape index (κ1) is 13.0. The predicted molar refractivity (Wildman–Crippen MR) is 67.7 cm³/mol. The van der Waals surface area contributed by atoms with Crippen LogP contribution in [0.4, 0.5) is 0 Å². The van der Waals surface area contributed by atoms with Crippen molar-refractivity contribution in [2.45, 2.75) is 53.1 Å². The average molecular weight is 222 g/mol.